The monoisotopic (exact) mass is 1530 g/mol. The van der Waals surface area contributed by atoms with Crippen molar-refractivity contribution in [2.24, 2.45) is 21.8 Å². The van der Waals surface area contributed by atoms with Gasteiger partial charge in [0, 0.05) is 46.4 Å². The highest BCUT2D eigenvalue weighted by molar-refractivity contribution is 8.13. The van der Waals surface area contributed by atoms with E-state index >= 15 is 0 Å². The molecule has 0 saturated carbocycles. The fraction of sp³-hybridized carbons (Fsp3) is 0.620. The number of nitrogens with zero attached hydrogens (tertiary/aromatic N) is 2. The van der Waals surface area contributed by atoms with E-state index in [0.29, 0.717) is 43.8 Å². The normalized spacial score (nSPS) is 14.2. The molecule has 22 nitrogen and oxygen atoms in total. The van der Waals surface area contributed by atoms with E-state index in [4.69, 9.17) is 28.4 Å². The third kappa shape index (κ3) is 39.3. The lowest BCUT2D eigenvalue weighted by Crippen LogP contribution is -2.49. The van der Waals surface area contributed by atoms with Gasteiger partial charge in [0.1, 0.15) is 53.7 Å². The summed E-state index contributed by atoms with van der Waals surface area (Å²) in [7, 11) is -2.84. The van der Waals surface area contributed by atoms with Crippen LogP contribution in [0.25, 0.3) is 11.1 Å². The number of allylic oxidation sites excluding steroid dienone is 3. The van der Waals surface area contributed by atoms with E-state index < -0.39 is 99.8 Å². The number of carbonyl (C=O) groups excluding carboxylic acids is 10. The molecule has 1 heterocycles. The Labute approximate surface area is 635 Å². The summed E-state index contributed by atoms with van der Waals surface area (Å²) in [5, 5.41) is 10.7. The molecule has 0 radical (unpaired) electrons. The van der Waals surface area contributed by atoms with Crippen molar-refractivity contribution >= 4 is 109 Å². The van der Waals surface area contributed by atoms with Crippen molar-refractivity contribution in [3.05, 3.63) is 95.7 Å². The summed E-state index contributed by atoms with van der Waals surface area (Å²) < 4.78 is 33.4. The number of rotatable bonds is 45. The van der Waals surface area contributed by atoms with Crippen molar-refractivity contribution in [1.29, 1.82) is 0 Å². The molecule has 0 unspecified atom stereocenters. The highest BCUT2D eigenvalue weighted by Crippen LogP contribution is 2.44. The molecule has 0 fully saturated rings. The molecule has 0 spiro atoms. The van der Waals surface area contributed by atoms with Gasteiger partial charge in [-0.1, -0.05) is 222 Å². The van der Waals surface area contributed by atoms with E-state index in [2.05, 4.69) is 96.5 Å². The highest BCUT2D eigenvalue weighted by atomic mass is 32.2. The molecule has 4 rings (SSSR count). The lowest BCUT2D eigenvalue weighted by Gasteiger charge is -2.24. The first kappa shape index (κ1) is 92.0. The molecule has 0 aromatic heterocycles. The Hall–Kier alpha value is -7.17. The van der Waals surface area contributed by atoms with E-state index in [1.807, 2.05) is 56.3 Å². The predicted octanol–water partition coefficient (Wildman–Crippen LogP) is 15.6. The fourth-order valence-electron chi connectivity index (χ4n) is 10.5. The molecule has 4 atom stereocenters. The van der Waals surface area contributed by atoms with Crippen LogP contribution in [0.4, 0.5) is 9.59 Å². The molecule has 584 valence electrons. The Morgan fingerprint density at radius 3 is 1.50 bits per heavy atom. The molecule has 2 aliphatic rings. The standard InChI is InChI=1S/C40H57NO7SSi.C39H65N5O9SSi/c1-7-8-9-10-11-23-37(43)49-25-17-16-18-30(27-36(42)46-24-26-50(4,5)6)48-39(44)38(29(2)3)41-40(45)47-28-35-33-21-14-12-19-31(33)32-20-13-15-22-34(32)35;1-11-13-14-15-16-20-33(46)54-22-18-17-19-28(24-32(45)51-21-23-55(8,9)10)52-37(49)34(27(3)4)44-35(47)29(12-2)43-36(48)30-25-40-31(42-30)26-41-38(50)53-39(5,6)7/h12-16,18-22,29-30,35,38H,7-11,17,23-28H2,1-6H3,(H,41,45);12,17,19,27-28,34H,11,13-16,18,20-26H2,1-10H3,(H,41,50)(H,43,48)(H,44,47)/b18-16+;19-17+,29-12-/t30-,38+;28-,34+/m11/s1. The van der Waals surface area contributed by atoms with Crippen molar-refractivity contribution in [2.45, 2.75) is 259 Å². The average Bonchev–Trinajstić information content (AvgIpc) is 1.61. The summed E-state index contributed by atoms with van der Waals surface area (Å²) in [4.78, 5) is 137. The minimum atomic E-state index is -1.44. The topological polar surface area (TPSA) is 299 Å². The molecule has 1 aliphatic heterocycles. The minimum absolute atomic E-state index is 0.0319. The van der Waals surface area contributed by atoms with Crippen molar-refractivity contribution < 1.29 is 76.4 Å². The SMILES string of the molecule is C/C=C(\NC(=O)C1=NC(CNC(=O)OC(C)(C)C)=NC1)C(=O)N[C@H](C(=O)O[C@H](/C=C/CCSC(=O)CCCCCCC)CC(=O)OCC[Si](C)(C)C)C(C)C.CCCCCCCC(=O)SCC/C=C/[C@H](CC(=O)OCC[Si](C)(C)C)OC(=O)[C@@H](NC(=O)OCC1c2ccccc2-c2ccccc21)C(C)C. The van der Waals surface area contributed by atoms with Gasteiger partial charge < -0.3 is 49.7 Å². The van der Waals surface area contributed by atoms with Gasteiger partial charge in [0.15, 0.2) is 10.2 Å². The largest absolute Gasteiger partial charge is 0.466 e. The van der Waals surface area contributed by atoms with E-state index in [9.17, 15) is 47.9 Å². The molecule has 26 heteroatoms. The number of esters is 4. The van der Waals surface area contributed by atoms with Gasteiger partial charge in [-0.3, -0.25) is 33.8 Å². The molecule has 1 aliphatic carbocycles. The third-order valence-corrected chi connectivity index (χ3v) is 21.9. The third-order valence-electron chi connectivity index (χ3n) is 16.5. The van der Waals surface area contributed by atoms with Crippen LogP contribution in [0, 0.1) is 11.8 Å². The number of alkyl carbamates (subject to hydrolysis) is 2. The Morgan fingerprint density at radius 2 is 1.07 bits per heavy atom. The summed E-state index contributed by atoms with van der Waals surface area (Å²) in [6, 6.07) is 15.7. The maximum absolute atomic E-state index is 13.5. The van der Waals surface area contributed by atoms with Gasteiger partial charge in [-0.05, 0) is 112 Å². The van der Waals surface area contributed by atoms with Crippen LogP contribution < -0.4 is 21.3 Å². The Balaban J connectivity index is 0.000000547. The molecular weight excluding hydrogens is 1410 g/mol. The zero-order chi connectivity index (χ0) is 78.1. The van der Waals surface area contributed by atoms with E-state index in [0.717, 1.165) is 79.3 Å². The zero-order valence-electron chi connectivity index (χ0n) is 65.5. The van der Waals surface area contributed by atoms with Crippen molar-refractivity contribution in [3.8, 4) is 11.1 Å². The minimum Gasteiger partial charge on any atom is -0.466 e. The van der Waals surface area contributed by atoms with E-state index in [1.54, 1.807) is 59.8 Å². The summed E-state index contributed by atoms with van der Waals surface area (Å²) in [6.45, 7) is 31.9. The second-order valence-corrected chi connectivity index (χ2v) is 43.9. The molecule has 0 saturated heterocycles. The molecular formula is C79H122N6O16S2Si2. The number of ether oxygens (including phenoxy) is 6. The fourth-order valence-corrected chi connectivity index (χ4v) is 13.5. The summed E-state index contributed by atoms with van der Waals surface area (Å²) in [5.41, 5.74) is 3.67. The second-order valence-electron chi connectivity index (χ2n) is 30.3. The second kappa shape index (κ2) is 48.9. The number of amidine groups is 1. The highest BCUT2D eigenvalue weighted by Gasteiger charge is 2.34. The Bertz CT molecular complexity index is 3250. The van der Waals surface area contributed by atoms with Gasteiger partial charge in [0.25, 0.3) is 11.8 Å². The Kier molecular flexibility index (Phi) is 42.9. The first-order valence-electron chi connectivity index (χ1n) is 37.5. The van der Waals surface area contributed by atoms with Gasteiger partial charge >= 0.3 is 36.1 Å². The number of benzene rings is 2. The maximum Gasteiger partial charge on any atom is 0.408 e. The van der Waals surface area contributed by atoms with Crippen molar-refractivity contribution in [1.82, 2.24) is 21.3 Å². The van der Waals surface area contributed by atoms with Crippen LogP contribution >= 0.6 is 23.5 Å². The van der Waals surface area contributed by atoms with Crippen LogP contribution in [-0.2, 0) is 66.8 Å². The number of nitrogens with one attached hydrogen (secondary N) is 4. The number of carbonyl (C=O) groups is 10. The van der Waals surface area contributed by atoms with Crippen LogP contribution in [0.2, 0.25) is 51.4 Å². The summed E-state index contributed by atoms with van der Waals surface area (Å²) in [6.07, 6.45) is 17.9. The van der Waals surface area contributed by atoms with Gasteiger partial charge in [-0.15, -0.1) is 0 Å². The number of fused-ring (bicyclic) bond motifs is 3. The lowest BCUT2D eigenvalue weighted by molar-refractivity contribution is -0.157. The van der Waals surface area contributed by atoms with Gasteiger partial charge in [0.2, 0.25) is 0 Å². The number of unbranched alkanes of at least 4 members (excludes halogenated alkanes) is 8. The molecule has 4 N–H and O–H groups in total. The quantitative estimate of drug-likeness (QED) is 0.0120. The van der Waals surface area contributed by atoms with Crippen LogP contribution in [-0.4, -0.2) is 160 Å². The molecule has 0 bridgehead atoms. The number of amides is 4. The number of hydrogen-bond acceptors (Lipinski definition) is 20. The predicted molar refractivity (Wildman–Crippen MR) is 426 cm³/mol. The first-order valence-corrected chi connectivity index (χ1v) is 46.9. The van der Waals surface area contributed by atoms with Gasteiger partial charge in [-0.2, -0.15) is 0 Å². The van der Waals surface area contributed by atoms with Crippen LogP contribution in [0.3, 0.4) is 0 Å². The summed E-state index contributed by atoms with van der Waals surface area (Å²) >= 11 is 2.58. The van der Waals surface area contributed by atoms with Crippen LogP contribution in [0.1, 0.15) is 189 Å². The van der Waals surface area contributed by atoms with Gasteiger partial charge in [-0.25, -0.2) is 24.2 Å². The van der Waals surface area contributed by atoms with E-state index in [-0.39, 0.29) is 78.5 Å². The molecule has 2 aromatic carbocycles. The molecule has 105 heavy (non-hydrogen) atoms. The van der Waals surface area contributed by atoms with Crippen molar-refractivity contribution in [3.63, 3.8) is 0 Å². The smallest absolute Gasteiger partial charge is 0.408 e. The molecule has 4 amide bonds. The lowest BCUT2D eigenvalue weighted by atomic mass is 9.98. The number of hydrogen-bond donors (Lipinski definition) is 4. The first-order chi connectivity index (χ1) is 49.6. The van der Waals surface area contributed by atoms with Gasteiger partial charge in [0.05, 0.1) is 39.1 Å². The van der Waals surface area contributed by atoms with Crippen LogP contribution in [0.15, 0.2) is 94.6 Å². The number of thioether (sulfide) groups is 2. The van der Waals surface area contributed by atoms with E-state index in [1.165, 1.54) is 48.9 Å². The van der Waals surface area contributed by atoms with Crippen molar-refractivity contribution in [2.75, 3.05) is 44.4 Å². The summed E-state index contributed by atoms with van der Waals surface area (Å²) in [5.74, 6) is -3.27. The van der Waals surface area contributed by atoms with Crippen LogP contribution in [0.5, 0.6) is 0 Å². The maximum atomic E-state index is 13.5. The zero-order valence-corrected chi connectivity index (χ0v) is 69.1. The number of aliphatic imine (C=N–C) groups is 2. The average molecular weight is 1530 g/mol. The molecule has 2 aromatic rings. The Morgan fingerprint density at radius 1 is 0.610 bits per heavy atom.